The van der Waals surface area contributed by atoms with Gasteiger partial charge < -0.3 is 14.4 Å². The summed E-state index contributed by atoms with van der Waals surface area (Å²) in [7, 11) is -3.63. The summed E-state index contributed by atoms with van der Waals surface area (Å²) in [6, 6.07) is 9.14. The number of hydrogen-bond acceptors (Lipinski definition) is 5. The molecule has 0 aliphatic carbocycles. The summed E-state index contributed by atoms with van der Waals surface area (Å²) in [5, 5.41) is 11.5. The zero-order valence-electron chi connectivity index (χ0n) is 20.4. The van der Waals surface area contributed by atoms with Gasteiger partial charge in [-0.05, 0) is 48.6 Å². The normalized spacial score (nSPS) is 16.0. The van der Waals surface area contributed by atoms with Crippen LogP contribution in [0, 0.1) is 6.92 Å². The van der Waals surface area contributed by atoms with Crippen molar-refractivity contribution in [2.24, 2.45) is 0 Å². The Morgan fingerprint density at radius 3 is 2.44 bits per heavy atom. The van der Waals surface area contributed by atoms with Crippen molar-refractivity contribution in [3.8, 4) is 5.75 Å². The molecule has 0 bridgehead atoms. The fourth-order valence-corrected chi connectivity index (χ4v) is 5.66. The van der Waals surface area contributed by atoms with Crippen LogP contribution in [0.4, 0.5) is 13.2 Å². The van der Waals surface area contributed by atoms with Crippen LogP contribution in [0.3, 0.4) is 0 Å². The molecule has 3 aromatic rings. The van der Waals surface area contributed by atoms with E-state index in [1.54, 1.807) is 12.1 Å². The number of pyridine rings is 1. The number of alkyl halides is 3. The molecule has 0 saturated heterocycles. The first-order valence-electron chi connectivity index (χ1n) is 11.4. The molecule has 1 aliphatic rings. The zero-order valence-corrected chi connectivity index (χ0v) is 21.3. The minimum absolute atomic E-state index is 0.00704. The van der Waals surface area contributed by atoms with Gasteiger partial charge in [0.05, 0.1) is 23.6 Å². The van der Waals surface area contributed by atoms with Crippen molar-refractivity contribution in [1.29, 1.82) is 0 Å². The van der Waals surface area contributed by atoms with Crippen molar-refractivity contribution in [3.63, 3.8) is 0 Å². The Morgan fingerprint density at radius 1 is 1.14 bits per heavy atom. The number of halogens is 3. The van der Waals surface area contributed by atoms with Crippen LogP contribution in [0.5, 0.6) is 5.75 Å². The second-order valence-corrected chi connectivity index (χ2v) is 12.2. The SMILES string of the molecule is Cc1cn(CC(O)(CC(C)(C)c2cc(S(C)(=O)=O)cc3c2OCC3)C(F)(F)F)c2ccccc2c1=O. The molecule has 0 amide bonds. The van der Waals surface area contributed by atoms with Gasteiger partial charge in [-0.15, -0.1) is 0 Å². The van der Waals surface area contributed by atoms with E-state index in [2.05, 4.69) is 0 Å². The Labute approximate surface area is 207 Å². The van der Waals surface area contributed by atoms with Gasteiger partial charge in [-0.3, -0.25) is 4.79 Å². The first-order valence-corrected chi connectivity index (χ1v) is 13.3. The molecular weight excluding hydrogens is 495 g/mol. The van der Waals surface area contributed by atoms with Crippen molar-refractivity contribution in [2.75, 3.05) is 12.9 Å². The summed E-state index contributed by atoms with van der Waals surface area (Å²) in [4.78, 5) is 12.5. The topological polar surface area (TPSA) is 85.6 Å². The maximum absolute atomic E-state index is 14.5. The van der Waals surface area contributed by atoms with Gasteiger partial charge in [0.2, 0.25) is 0 Å². The maximum atomic E-state index is 14.5. The number of nitrogens with zero attached hydrogens (tertiary/aromatic N) is 1. The Balaban J connectivity index is 1.83. The highest BCUT2D eigenvalue weighted by Crippen LogP contribution is 2.47. The molecule has 4 rings (SSSR count). The lowest BCUT2D eigenvalue weighted by atomic mass is 9.74. The van der Waals surface area contributed by atoms with Gasteiger partial charge >= 0.3 is 6.18 Å². The average Bonchev–Trinajstić information content (AvgIpc) is 3.23. The third-order valence-corrected chi connectivity index (χ3v) is 7.87. The van der Waals surface area contributed by atoms with E-state index in [4.69, 9.17) is 4.74 Å². The third-order valence-electron chi connectivity index (χ3n) is 6.77. The fourth-order valence-electron chi connectivity index (χ4n) is 4.97. The van der Waals surface area contributed by atoms with Gasteiger partial charge in [-0.2, -0.15) is 13.2 Å². The second kappa shape index (κ2) is 8.62. The highest BCUT2D eigenvalue weighted by atomic mass is 32.2. The summed E-state index contributed by atoms with van der Waals surface area (Å²) in [5.74, 6) is 0.363. The van der Waals surface area contributed by atoms with Gasteiger partial charge in [0.25, 0.3) is 0 Å². The Morgan fingerprint density at radius 2 is 1.81 bits per heavy atom. The number of aromatic nitrogens is 1. The molecule has 0 saturated carbocycles. The van der Waals surface area contributed by atoms with Crippen molar-refractivity contribution >= 4 is 20.7 Å². The van der Waals surface area contributed by atoms with Gasteiger partial charge in [0, 0.05) is 35.4 Å². The minimum atomic E-state index is -5.03. The van der Waals surface area contributed by atoms with Crippen LogP contribution in [0.15, 0.2) is 52.3 Å². The quantitative estimate of drug-likeness (QED) is 0.521. The van der Waals surface area contributed by atoms with E-state index >= 15 is 0 Å². The molecule has 10 heteroatoms. The standard InChI is InChI=1S/C26H28F3NO5S/c1-16-13-30(21-8-6-5-7-19(21)22(16)31)15-25(32,26(27,28)29)14-24(2,3)20-12-18(36(4,33)34)11-17-9-10-35-23(17)20/h5-8,11-13,32H,9-10,14-15H2,1-4H3. The highest BCUT2D eigenvalue weighted by Gasteiger charge is 2.56. The molecule has 1 N–H and O–H groups in total. The van der Waals surface area contributed by atoms with E-state index in [9.17, 15) is 31.5 Å². The van der Waals surface area contributed by atoms with Crippen LogP contribution in [0.25, 0.3) is 10.9 Å². The fraction of sp³-hybridized carbons (Fsp3) is 0.423. The predicted molar refractivity (Wildman–Crippen MR) is 130 cm³/mol. The molecule has 2 heterocycles. The minimum Gasteiger partial charge on any atom is -0.493 e. The Hall–Kier alpha value is -2.85. The van der Waals surface area contributed by atoms with Gasteiger partial charge in [-0.1, -0.05) is 26.0 Å². The third kappa shape index (κ3) is 4.64. The molecule has 1 aromatic heterocycles. The monoisotopic (exact) mass is 523 g/mol. The van der Waals surface area contributed by atoms with Crippen molar-refractivity contribution < 1.29 is 31.4 Å². The van der Waals surface area contributed by atoms with Crippen LogP contribution in [-0.4, -0.2) is 42.7 Å². The molecule has 0 radical (unpaired) electrons. The number of hydrogen-bond donors (Lipinski definition) is 1. The lowest BCUT2D eigenvalue weighted by Crippen LogP contribution is -2.52. The van der Waals surface area contributed by atoms with E-state index < -0.39 is 40.0 Å². The van der Waals surface area contributed by atoms with Crippen LogP contribution < -0.4 is 10.2 Å². The van der Waals surface area contributed by atoms with Crippen LogP contribution in [0.2, 0.25) is 0 Å². The maximum Gasteiger partial charge on any atom is 0.418 e. The zero-order chi connectivity index (χ0) is 26.7. The summed E-state index contributed by atoms with van der Waals surface area (Å²) < 4.78 is 75.0. The number of fused-ring (bicyclic) bond motifs is 2. The Bertz CT molecular complexity index is 1510. The van der Waals surface area contributed by atoms with Crippen LogP contribution in [-0.2, 0) is 28.2 Å². The second-order valence-electron chi connectivity index (χ2n) is 10.2. The molecule has 2 aromatic carbocycles. The summed E-state index contributed by atoms with van der Waals surface area (Å²) in [5.41, 5.74) is -3.39. The van der Waals surface area contributed by atoms with E-state index in [1.807, 2.05) is 0 Å². The predicted octanol–water partition coefficient (Wildman–Crippen LogP) is 4.31. The van der Waals surface area contributed by atoms with Crippen molar-refractivity contribution in [1.82, 2.24) is 4.57 Å². The van der Waals surface area contributed by atoms with Crippen LogP contribution >= 0.6 is 0 Å². The molecule has 1 aliphatic heterocycles. The van der Waals surface area contributed by atoms with Crippen molar-refractivity contribution in [2.45, 2.75) is 62.2 Å². The van der Waals surface area contributed by atoms with Gasteiger partial charge in [0.15, 0.2) is 20.9 Å². The molecule has 6 nitrogen and oxygen atoms in total. The average molecular weight is 524 g/mol. The van der Waals surface area contributed by atoms with E-state index in [1.165, 1.54) is 55.8 Å². The van der Waals surface area contributed by atoms with E-state index in [-0.39, 0.29) is 33.4 Å². The smallest absolute Gasteiger partial charge is 0.418 e. The number of sulfone groups is 1. The highest BCUT2D eigenvalue weighted by molar-refractivity contribution is 7.90. The molecule has 0 fully saturated rings. The largest absolute Gasteiger partial charge is 0.493 e. The summed E-state index contributed by atoms with van der Waals surface area (Å²) >= 11 is 0. The molecule has 1 unspecified atom stereocenters. The van der Waals surface area contributed by atoms with Crippen molar-refractivity contribution in [3.05, 3.63) is 69.5 Å². The molecule has 194 valence electrons. The molecule has 1 atom stereocenters. The summed E-state index contributed by atoms with van der Waals surface area (Å²) in [6.45, 7) is 4.01. The van der Waals surface area contributed by atoms with E-state index in [0.29, 0.717) is 23.3 Å². The number of ether oxygens (including phenoxy) is 1. The molecular formula is C26H28F3NO5S. The van der Waals surface area contributed by atoms with Crippen LogP contribution in [0.1, 0.15) is 37.0 Å². The van der Waals surface area contributed by atoms with Gasteiger partial charge in [-0.25, -0.2) is 8.42 Å². The number of rotatable bonds is 6. The first-order chi connectivity index (χ1) is 16.5. The van der Waals surface area contributed by atoms with E-state index in [0.717, 1.165) is 6.26 Å². The van der Waals surface area contributed by atoms with Gasteiger partial charge in [0.1, 0.15) is 5.75 Å². The first kappa shape index (κ1) is 26.2. The summed E-state index contributed by atoms with van der Waals surface area (Å²) in [6.07, 6.45) is -3.00. The lowest BCUT2D eigenvalue weighted by molar-refractivity contribution is -0.271. The number of aryl methyl sites for hydroxylation is 1. The lowest BCUT2D eigenvalue weighted by Gasteiger charge is -2.39. The Kier molecular flexibility index (Phi) is 6.28. The number of aliphatic hydroxyl groups is 1. The molecule has 36 heavy (non-hydrogen) atoms. The number of para-hydroxylation sites is 1. The number of benzene rings is 2. The molecule has 0 spiro atoms.